The summed E-state index contributed by atoms with van der Waals surface area (Å²) in [5.74, 6) is -0.332. The Morgan fingerprint density at radius 1 is 1.26 bits per heavy atom. The van der Waals surface area contributed by atoms with E-state index >= 15 is 8.78 Å². The van der Waals surface area contributed by atoms with Crippen molar-refractivity contribution in [3.8, 4) is 16.9 Å². The van der Waals surface area contributed by atoms with Crippen molar-refractivity contribution in [1.29, 1.82) is 0 Å². The molecule has 0 aliphatic heterocycles. The maximum absolute atomic E-state index is 15.1. The Bertz CT molecular complexity index is 1060. The predicted molar refractivity (Wildman–Crippen MR) is 116 cm³/mol. The maximum Gasteiger partial charge on any atom is 0.255 e. The SMILES string of the molecule is C[C@@H](Nc1c(-c2c(F)cc(OCCCN(C)C)cc2F)c(Cl)nc2ncnn12)C1CC1. The minimum Gasteiger partial charge on any atom is -0.493 e. The third-order valence-electron chi connectivity index (χ3n) is 5.36. The van der Waals surface area contributed by atoms with Gasteiger partial charge >= 0.3 is 0 Å². The largest absolute Gasteiger partial charge is 0.493 e. The van der Waals surface area contributed by atoms with E-state index in [1.807, 2.05) is 25.9 Å². The van der Waals surface area contributed by atoms with Gasteiger partial charge in [-0.2, -0.15) is 19.6 Å². The molecular weight excluding hydrogens is 426 g/mol. The highest BCUT2D eigenvalue weighted by atomic mass is 35.5. The Hall–Kier alpha value is -2.52. The van der Waals surface area contributed by atoms with Gasteiger partial charge in [-0.3, -0.25) is 0 Å². The minimum absolute atomic E-state index is 0.0524. The van der Waals surface area contributed by atoms with Crippen LogP contribution >= 0.6 is 11.6 Å². The summed E-state index contributed by atoms with van der Waals surface area (Å²) in [6.45, 7) is 3.20. The molecule has 0 spiro atoms. The van der Waals surface area contributed by atoms with E-state index in [2.05, 4.69) is 20.4 Å². The summed E-state index contributed by atoms with van der Waals surface area (Å²) in [6, 6.07) is 2.42. The van der Waals surface area contributed by atoms with Crippen molar-refractivity contribution in [2.45, 2.75) is 32.2 Å². The molecule has 0 amide bonds. The molecule has 2 aromatic heterocycles. The van der Waals surface area contributed by atoms with Gasteiger partial charge in [-0.05, 0) is 46.2 Å². The summed E-state index contributed by atoms with van der Waals surface area (Å²) in [6.07, 6.45) is 4.27. The standard InChI is InChI=1S/C21H25ClF2N6O/c1-12(13-5-6-13)27-20-18(19(22)28-21-25-11-26-30(20)21)17-15(23)9-14(10-16(17)24)31-8-4-7-29(2)3/h9-13,27H,4-8H2,1-3H3/t12-/m1/s1. The van der Waals surface area contributed by atoms with Gasteiger partial charge in [-0.1, -0.05) is 11.6 Å². The van der Waals surface area contributed by atoms with E-state index in [1.54, 1.807) is 0 Å². The Morgan fingerprint density at radius 2 is 1.97 bits per heavy atom. The number of hydrogen-bond donors (Lipinski definition) is 1. The lowest BCUT2D eigenvalue weighted by atomic mass is 10.1. The number of aromatic nitrogens is 4. The quantitative estimate of drug-likeness (QED) is 0.388. The second-order valence-corrected chi connectivity index (χ2v) is 8.49. The second kappa shape index (κ2) is 8.92. The lowest BCUT2D eigenvalue weighted by Crippen LogP contribution is -2.21. The fraction of sp³-hybridized carbons (Fsp3) is 0.476. The van der Waals surface area contributed by atoms with Crippen molar-refractivity contribution in [3.63, 3.8) is 0 Å². The molecule has 4 rings (SSSR count). The smallest absolute Gasteiger partial charge is 0.255 e. The number of nitrogens with one attached hydrogen (secondary N) is 1. The van der Waals surface area contributed by atoms with Gasteiger partial charge in [-0.15, -0.1) is 0 Å². The molecule has 0 unspecified atom stereocenters. The summed E-state index contributed by atoms with van der Waals surface area (Å²) in [4.78, 5) is 10.2. The number of hydrogen-bond acceptors (Lipinski definition) is 6. The van der Waals surface area contributed by atoms with Crippen LogP contribution in [0.3, 0.4) is 0 Å². The van der Waals surface area contributed by atoms with Crippen molar-refractivity contribution < 1.29 is 13.5 Å². The van der Waals surface area contributed by atoms with Gasteiger partial charge in [-0.25, -0.2) is 8.78 Å². The van der Waals surface area contributed by atoms with Crippen molar-refractivity contribution in [2.24, 2.45) is 5.92 Å². The van der Waals surface area contributed by atoms with E-state index in [9.17, 15) is 0 Å². The topological polar surface area (TPSA) is 67.6 Å². The number of ether oxygens (including phenoxy) is 1. The molecule has 1 saturated carbocycles. The van der Waals surface area contributed by atoms with E-state index in [4.69, 9.17) is 16.3 Å². The van der Waals surface area contributed by atoms with Crippen LogP contribution in [-0.4, -0.2) is 57.8 Å². The Kier molecular flexibility index (Phi) is 6.24. The predicted octanol–water partition coefficient (Wildman–Crippen LogP) is 4.26. The van der Waals surface area contributed by atoms with Crippen molar-refractivity contribution >= 4 is 23.2 Å². The summed E-state index contributed by atoms with van der Waals surface area (Å²) in [7, 11) is 3.90. The number of anilines is 1. The first-order valence-corrected chi connectivity index (χ1v) is 10.7. The van der Waals surface area contributed by atoms with Gasteiger partial charge in [0.1, 0.15) is 34.7 Å². The molecule has 10 heteroatoms. The van der Waals surface area contributed by atoms with Crippen LogP contribution in [0.15, 0.2) is 18.5 Å². The highest BCUT2D eigenvalue weighted by molar-refractivity contribution is 6.33. The Balaban J connectivity index is 1.71. The third-order valence-corrected chi connectivity index (χ3v) is 5.63. The van der Waals surface area contributed by atoms with Crippen LogP contribution in [0.25, 0.3) is 16.9 Å². The average Bonchev–Trinajstić information content (AvgIpc) is 3.45. The Labute approximate surface area is 184 Å². The van der Waals surface area contributed by atoms with Gasteiger partial charge < -0.3 is 15.0 Å². The first-order valence-electron chi connectivity index (χ1n) is 10.3. The fourth-order valence-corrected chi connectivity index (χ4v) is 3.80. The summed E-state index contributed by atoms with van der Waals surface area (Å²) in [5.41, 5.74) is -0.164. The Morgan fingerprint density at radius 3 is 2.61 bits per heavy atom. The van der Waals surface area contributed by atoms with Crippen LogP contribution in [0.4, 0.5) is 14.6 Å². The van der Waals surface area contributed by atoms with Gasteiger partial charge in [0.05, 0.1) is 17.7 Å². The highest BCUT2D eigenvalue weighted by Crippen LogP contribution is 2.41. The zero-order chi connectivity index (χ0) is 22.1. The third kappa shape index (κ3) is 4.72. The number of benzene rings is 1. The molecule has 7 nitrogen and oxygen atoms in total. The first kappa shape index (κ1) is 21.7. The van der Waals surface area contributed by atoms with Crippen molar-refractivity contribution in [3.05, 3.63) is 35.2 Å². The van der Waals surface area contributed by atoms with Gasteiger partial charge in [0.15, 0.2) is 0 Å². The molecule has 1 aliphatic rings. The molecular formula is C21H25ClF2N6O. The van der Waals surface area contributed by atoms with Crippen molar-refractivity contribution in [1.82, 2.24) is 24.5 Å². The maximum atomic E-state index is 15.1. The normalized spacial score (nSPS) is 14.9. The zero-order valence-electron chi connectivity index (χ0n) is 17.7. The monoisotopic (exact) mass is 450 g/mol. The van der Waals surface area contributed by atoms with E-state index in [-0.39, 0.29) is 33.8 Å². The van der Waals surface area contributed by atoms with Crippen LogP contribution in [0, 0.1) is 17.6 Å². The molecule has 1 N–H and O–H groups in total. The number of nitrogens with zero attached hydrogens (tertiary/aromatic N) is 5. The molecule has 0 saturated heterocycles. The van der Waals surface area contributed by atoms with Gasteiger partial charge in [0.25, 0.3) is 5.78 Å². The van der Waals surface area contributed by atoms with E-state index in [1.165, 1.54) is 23.0 Å². The molecule has 1 aromatic carbocycles. The van der Waals surface area contributed by atoms with E-state index in [0.29, 0.717) is 18.3 Å². The van der Waals surface area contributed by atoms with Crippen LogP contribution in [0.1, 0.15) is 26.2 Å². The molecule has 1 fully saturated rings. The summed E-state index contributed by atoms with van der Waals surface area (Å²) < 4.78 is 37.2. The molecule has 0 bridgehead atoms. The first-order chi connectivity index (χ1) is 14.8. The van der Waals surface area contributed by atoms with Crippen LogP contribution in [0.5, 0.6) is 5.75 Å². The van der Waals surface area contributed by atoms with Crippen molar-refractivity contribution in [2.75, 3.05) is 32.6 Å². The van der Waals surface area contributed by atoms with Crippen LogP contribution in [-0.2, 0) is 0 Å². The minimum atomic E-state index is -0.784. The average molecular weight is 451 g/mol. The van der Waals surface area contributed by atoms with E-state index < -0.39 is 11.6 Å². The molecule has 166 valence electrons. The number of halogens is 3. The van der Waals surface area contributed by atoms with Gasteiger partial charge in [0.2, 0.25) is 0 Å². The summed E-state index contributed by atoms with van der Waals surface area (Å²) in [5, 5.41) is 7.44. The summed E-state index contributed by atoms with van der Waals surface area (Å²) >= 11 is 6.39. The molecule has 31 heavy (non-hydrogen) atoms. The lowest BCUT2D eigenvalue weighted by Gasteiger charge is -2.20. The number of fused-ring (bicyclic) bond motifs is 1. The van der Waals surface area contributed by atoms with Gasteiger partial charge in [0, 0.05) is 24.7 Å². The number of rotatable bonds is 9. The molecule has 1 aliphatic carbocycles. The molecule has 1 atom stereocenters. The molecule has 3 aromatic rings. The molecule has 0 radical (unpaired) electrons. The zero-order valence-corrected chi connectivity index (χ0v) is 18.5. The second-order valence-electron chi connectivity index (χ2n) is 8.14. The lowest BCUT2D eigenvalue weighted by molar-refractivity contribution is 0.279. The van der Waals surface area contributed by atoms with Crippen LogP contribution < -0.4 is 10.1 Å². The fourth-order valence-electron chi connectivity index (χ4n) is 3.54. The van der Waals surface area contributed by atoms with E-state index in [0.717, 1.165) is 25.8 Å². The van der Waals surface area contributed by atoms with Crippen LogP contribution in [0.2, 0.25) is 5.15 Å². The molecule has 2 heterocycles. The highest BCUT2D eigenvalue weighted by Gasteiger charge is 2.31.